The summed E-state index contributed by atoms with van der Waals surface area (Å²) in [6.45, 7) is 0.917. The van der Waals surface area contributed by atoms with Crippen molar-refractivity contribution in [3.8, 4) is 0 Å². The first-order valence-electron chi connectivity index (χ1n) is 11.8. The Balaban J connectivity index is 1.33. The van der Waals surface area contributed by atoms with Gasteiger partial charge in [-0.3, -0.25) is 19.3 Å². The zero-order valence-electron chi connectivity index (χ0n) is 19.9. The number of anilines is 2. The molecule has 0 bridgehead atoms. The van der Waals surface area contributed by atoms with Crippen molar-refractivity contribution in [1.29, 1.82) is 0 Å². The highest BCUT2D eigenvalue weighted by molar-refractivity contribution is 6.22. The molecule has 2 aliphatic rings. The van der Waals surface area contributed by atoms with Gasteiger partial charge >= 0.3 is 0 Å². The highest BCUT2D eigenvalue weighted by Crippen LogP contribution is 2.35. The van der Waals surface area contributed by atoms with E-state index in [1.807, 2.05) is 31.1 Å². The predicted octanol–water partition coefficient (Wildman–Crippen LogP) is 3.27. The van der Waals surface area contributed by atoms with Crippen LogP contribution in [-0.2, 0) is 11.2 Å². The molecule has 0 saturated heterocycles. The van der Waals surface area contributed by atoms with Crippen molar-refractivity contribution in [2.75, 3.05) is 43.5 Å². The van der Waals surface area contributed by atoms with Gasteiger partial charge in [-0.25, -0.2) is 0 Å². The zero-order chi connectivity index (χ0) is 24.5. The van der Waals surface area contributed by atoms with Gasteiger partial charge in [-0.05, 0) is 47.9 Å². The molecule has 35 heavy (non-hydrogen) atoms. The second-order valence-corrected chi connectivity index (χ2v) is 9.12. The molecule has 0 unspecified atom stereocenters. The van der Waals surface area contributed by atoms with Gasteiger partial charge in [-0.15, -0.1) is 0 Å². The molecular weight excluding hydrogens is 440 g/mol. The van der Waals surface area contributed by atoms with E-state index >= 15 is 0 Å². The molecule has 178 valence electrons. The van der Waals surface area contributed by atoms with Gasteiger partial charge in [-0.1, -0.05) is 42.5 Å². The molecule has 3 amide bonds. The van der Waals surface area contributed by atoms with Crippen molar-refractivity contribution in [3.63, 3.8) is 0 Å². The van der Waals surface area contributed by atoms with E-state index in [-0.39, 0.29) is 18.5 Å². The third-order valence-electron chi connectivity index (χ3n) is 6.77. The molecule has 0 fully saturated rings. The summed E-state index contributed by atoms with van der Waals surface area (Å²) in [6.07, 6.45) is 0.950. The fourth-order valence-electron chi connectivity index (χ4n) is 4.88. The van der Waals surface area contributed by atoms with E-state index < -0.39 is 11.8 Å². The molecule has 0 aliphatic carbocycles. The van der Waals surface area contributed by atoms with Gasteiger partial charge in [0, 0.05) is 38.6 Å². The Morgan fingerprint density at radius 1 is 0.914 bits per heavy atom. The van der Waals surface area contributed by atoms with Crippen LogP contribution in [-0.4, -0.2) is 56.4 Å². The van der Waals surface area contributed by atoms with E-state index in [9.17, 15) is 14.4 Å². The molecule has 7 heteroatoms. The van der Waals surface area contributed by atoms with Crippen LogP contribution in [0.1, 0.15) is 37.9 Å². The maximum Gasteiger partial charge on any atom is 0.262 e. The molecule has 3 aromatic carbocycles. The maximum absolute atomic E-state index is 12.9. The molecule has 0 radical (unpaired) electrons. The van der Waals surface area contributed by atoms with Crippen LogP contribution in [0, 0.1) is 0 Å². The topological polar surface area (TPSA) is 73.0 Å². The number of benzene rings is 3. The van der Waals surface area contributed by atoms with E-state index in [4.69, 9.17) is 0 Å². The first kappa shape index (κ1) is 22.7. The normalized spacial score (nSPS) is 15.1. The molecule has 3 aromatic rings. The Morgan fingerprint density at radius 2 is 1.54 bits per heavy atom. The fourth-order valence-corrected chi connectivity index (χ4v) is 4.88. The minimum absolute atomic E-state index is 0.0824. The Morgan fingerprint density at radius 3 is 2.20 bits per heavy atom. The summed E-state index contributed by atoms with van der Waals surface area (Å²) < 4.78 is 0. The van der Waals surface area contributed by atoms with Crippen LogP contribution in [0.15, 0.2) is 72.8 Å². The Labute approximate surface area is 204 Å². The molecule has 1 N–H and O–H groups in total. The predicted molar refractivity (Wildman–Crippen MR) is 136 cm³/mol. The number of fused-ring (bicyclic) bond motifs is 2. The average Bonchev–Trinajstić information content (AvgIpc) is 3.40. The highest BCUT2D eigenvalue weighted by atomic mass is 16.2. The van der Waals surface area contributed by atoms with Crippen molar-refractivity contribution in [2.24, 2.45) is 0 Å². The van der Waals surface area contributed by atoms with E-state index in [1.54, 1.807) is 24.3 Å². The SMILES string of the molecule is CN(C)c1ccc([C@H](CNC(=O)CN2C(=O)c3ccccc3C2=O)N2CCc3ccccc32)cc1. The summed E-state index contributed by atoms with van der Waals surface area (Å²) in [4.78, 5) is 43.6. The number of hydrogen-bond acceptors (Lipinski definition) is 5. The van der Waals surface area contributed by atoms with Crippen LogP contribution in [0.3, 0.4) is 0 Å². The summed E-state index contributed by atoms with van der Waals surface area (Å²) >= 11 is 0. The lowest BCUT2D eigenvalue weighted by Gasteiger charge is -2.31. The fraction of sp³-hybridized carbons (Fsp3) is 0.250. The van der Waals surface area contributed by atoms with Gasteiger partial charge in [0.2, 0.25) is 5.91 Å². The lowest BCUT2D eigenvalue weighted by Crippen LogP contribution is -2.43. The van der Waals surface area contributed by atoms with Gasteiger partial charge in [0.05, 0.1) is 17.2 Å². The lowest BCUT2D eigenvalue weighted by molar-refractivity contribution is -0.121. The Bertz CT molecular complexity index is 1250. The van der Waals surface area contributed by atoms with Crippen LogP contribution in [0.25, 0.3) is 0 Å². The molecule has 2 heterocycles. The Hall–Kier alpha value is -4.13. The van der Waals surface area contributed by atoms with Crippen molar-refractivity contribution in [1.82, 2.24) is 10.2 Å². The average molecular weight is 469 g/mol. The van der Waals surface area contributed by atoms with Crippen LogP contribution in [0.5, 0.6) is 0 Å². The van der Waals surface area contributed by atoms with Gasteiger partial charge < -0.3 is 15.1 Å². The van der Waals surface area contributed by atoms with Crippen molar-refractivity contribution < 1.29 is 14.4 Å². The second-order valence-electron chi connectivity index (χ2n) is 9.12. The van der Waals surface area contributed by atoms with Gasteiger partial charge in [0.15, 0.2) is 0 Å². The number of hydrogen-bond donors (Lipinski definition) is 1. The van der Waals surface area contributed by atoms with Gasteiger partial charge in [-0.2, -0.15) is 0 Å². The molecule has 0 aromatic heterocycles. The highest BCUT2D eigenvalue weighted by Gasteiger charge is 2.36. The number of rotatable bonds is 7. The second kappa shape index (κ2) is 9.25. The number of imide groups is 1. The minimum atomic E-state index is -0.426. The van der Waals surface area contributed by atoms with Gasteiger partial charge in [0.25, 0.3) is 11.8 Å². The quantitative estimate of drug-likeness (QED) is 0.539. The number of amides is 3. The van der Waals surface area contributed by atoms with E-state index in [2.05, 4.69) is 46.6 Å². The van der Waals surface area contributed by atoms with E-state index in [1.165, 1.54) is 11.3 Å². The van der Waals surface area contributed by atoms with Crippen LogP contribution >= 0.6 is 0 Å². The lowest BCUT2D eigenvalue weighted by atomic mass is 10.0. The number of carbonyl (C=O) groups is 3. The molecule has 5 rings (SSSR count). The third-order valence-corrected chi connectivity index (χ3v) is 6.77. The maximum atomic E-state index is 12.9. The van der Waals surface area contributed by atoms with Crippen LogP contribution < -0.4 is 15.1 Å². The summed E-state index contributed by atoms with van der Waals surface area (Å²) in [6, 6.07) is 23.3. The number of para-hydroxylation sites is 1. The van der Waals surface area contributed by atoms with E-state index in [0.29, 0.717) is 17.7 Å². The van der Waals surface area contributed by atoms with Crippen LogP contribution in [0.2, 0.25) is 0 Å². The summed E-state index contributed by atoms with van der Waals surface area (Å²) in [5.41, 5.74) is 5.34. The first-order valence-corrected chi connectivity index (χ1v) is 11.8. The summed E-state index contributed by atoms with van der Waals surface area (Å²) in [7, 11) is 4.01. The summed E-state index contributed by atoms with van der Waals surface area (Å²) in [5, 5.41) is 2.98. The molecule has 7 nitrogen and oxygen atoms in total. The minimum Gasteiger partial charge on any atom is -0.378 e. The molecule has 0 saturated carbocycles. The zero-order valence-corrected chi connectivity index (χ0v) is 19.9. The smallest absolute Gasteiger partial charge is 0.262 e. The van der Waals surface area contributed by atoms with Crippen LogP contribution in [0.4, 0.5) is 11.4 Å². The molecule has 2 aliphatic heterocycles. The monoisotopic (exact) mass is 468 g/mol. The molecule has 0 spiro atoms. The van der Waals surface area contributed by atoms with Crippen molar-refractivity contribution >= 4 is 29.1 Å². The molecule has 1 atom stereocenters. The van der Waals surface area contributed by atoms with Gasteiger partial charge in [0.1, 0.15) is 6.54 Å². The first-order chi connectivity index (χ1) is 16.9. The van der Waals surface area contributed by atoms with E-state index in [0.717, 1.165) is 29.1 Å². The number of carbonyl (C=O) groups excluding carboxylic acids is 3. The number of nitrogens with zero attached hydrogens (tertiary/aromatic N) is 3. The number of nitrogens with one attached hydrogen (secondary N) is 1. The van der Waals surface area contributed by atoms with Crippen molar-refractivity contribution in [3.05, 3.63) is 95.1 Å². The van der Waals surface area contributed by atoms with Crippen molar-refractivity contribution in [2.45, 2.75) is 12.5 Å². The largest absolute Gasteiger partial charge is 0.378 e. The summed E-state index contributed by atoms with van der Waals surface area (Å²) in [5.74, 6) is -1.21. The molecular formula is C28H28N4O3. The standard InChI is InChI=1S/C28H28N4O3/c1-30(2)21-13-11-20(12-14-21)25(31-16-15-19-7-3-6-10-24(19)31)17-29-26(33)18-32-27(34)22-8-4-5-9-23(22)28(32)35/h3-14,25H,15-18H2,1-2H3,(H,29,33)/t25-/m0/s1. The Kier molecular flexibility index (Phi) is 5.99. The third kappa shape index (κ3) is 4.25.